The minimum Gasteiger partial charge on any atom is -0.504 e. The summed E-state index contributed by atoms with van der Waals surface area (Å²) in [5, 5.41) is 10.4. The Bertz CT molecular complexity index is 594. The molecular formula is C14H11ClO3. The third-order valence-corrected chi connectivity index (χ3v) is 3.01. The summed E-state index contributed by atoms with van der Waals surface area (Å²) in [5.74, 6) is 0.0813. The fraction of sp³-hybridized carbons (Fsp3) is 0.0714. The fourth-order valence-electron chi connectivity index (χ4n) is 1.79. The number of aldehydes is 1. The van der Waals surface area contributed by atoms with Crippen molar-refractivity contribution in [3.05, 3.63) is 47.0 Å². The van der Waals surface area contributed by atoms with E-state index in [4.69, 9.17) is 16.3 Å². The highest BCUT2D eigenvalue weighted by atomic mass is 35.5. The molecule has 3 nitrogen and oxygen atoms in total. The third-order valence-electron chi connectivity index (χ3n) is 2.68. The average molecular weight is 263 g/mol. The number of aromatic hydroxyl groups is 1. The van der Waals surface area contributed by atoms with Crippen LogP contribution in [0.3, 0.4) is 0 Å². The number of methoxy groups -OCH3 is 1. The lowest BCUT2D eigenvalue weighted by atomic mass is 9.99. The molecule has 0 unspecified atom stereocenters. The summed E-state index contributed by atoms with van der Waals surface area (Å²) in [7, 11) is 1.43. The van der Waals surface area contributed by atoms with Gasteiger partial charge < -0.3 is 9.84 Å². The van der Waals surface area contributed by atoms with Gasteiger partial charge in [0.05, 0.1) is 12.7 Å². The molecule has 0 bridgehead atoms. The third kappa shape index (κ3) is 2.05. The molecule has 0 aliphatic rings. The van der Waals surface area contributed by atoms with E-state index in [1.807, 2.05) is 6.07 Å². The molecule has 0 heterocycles. The van der Waals surface area contributed by atoms with Crippen molar-refractivity contribution in [2.24, 2.45) is 0 Å². The van der Waals surface area contributed by atoms with Crippen molar-refractivity contribution < 1.29 is 14.6 Å². The van der Waals surface area contributed by atoms with Crippen molar-refractivity contribution in [2.75, 3.05) is 7.11 Å². The van der Waals surface area contributed by atoms with Gasteiger partial charge in [0.1, 0.15) is 0 Å². The molecule has 1 N–H and O–H groups in total. The van der Waals surface area contributed by atoms with Crippen LogP contribution in [0.15, 0.2) is 36.4 Å². The molecule has 18 heavy (non-hydrogen) atoms. The predicted octanol–water partition coefficient (Wildman–Crippen LogP) is 3.53. The van der Waals surface area contributed by atoms with Gasteiger partial charge in [0.25, 0.3) is 0 Å². The Morgan fingerprint density at radius 2 is 1.89 bits per heavy atom. The Hall–Kier alpha value is -2.00. The molecule has 2 aromatic carbocycles. The quantitative estimate of drug-likeness (QED) is 0.861. The molecule has 92 valence electrons. The smallest absolute Gasteiger partial charge is 0.169 e. The lowest BCUT2D eigenvalue weighted by Gasteiger charge is -2.11. The second-order valence-corrected chi connectivity index (χ2v) is 4.08. The number of phenols is 1. The minimum atomic E-state index is -0.176. The second-order valence-electron chi connectivity index (χ2n) is 3.68. The Balaban J connectivity index is 2.69. The normalized spacial score (nSPS) is 10.1. The molecular weight excluding hydrogens is 252 g/mol. The van der Waals surface area contributed by atoms with Gasteiger partial charge in [-0.25, -0.2) is 0 Å². The highest BCUT2D eigenvalue weighted by Crippen LogP contribution is 2.38. The van der Waals surface area contributed by atoms with E-state index in [1.54, 1.807) is 30.3 Å². The topological polar surface area (TPSA) is 46.5 Å². The minimum absolute atomic E-state index is 0.169. The molecule has 0 aliphatic carbocycles. The number of hydrogen-bond donors (Lipinski definition) is 1. The van der Waals surface area contributed by atoms with Crippen molar-refractivity contribution in [1.29, 1.82) is 0 Å². The molecule has 0 aliphatic heterocycles. The predicted molar refractivity (Wildman–Crippen MR) is 70.5 cm³/mol. The monoisotopic (exact) mass is 262 g/mol. The van der Waals surface area contributed by atoms with E-state index in [0.717, 1.165) is 0 Å². The van der Waals surface area contributed by atoms with Gasteiger partial charge in [0, 0.05) is 10.6 Å². The zero-order valence-electron chi connectivity index (χ0n) is 9.68. The maximum atomic E-state index is 11.1. The summed E-state index contributed by atoms with van der Waals surface area (Å²) in [6.45, 7) is 0. The summed E-state index contributed by atoms with van der Waals surface area (Å²) in [5.41, 5.74) is 1.44. The summed E-state index contributed by atoms with van der Waals surface area (Å²) in [4.78, 5) is 11.1. The number of carbonyl (C=O) groups excluding carboxylic acids is 1. The van der Waals surface area contributed by atoms with Gasteiger partial charge >= 0.3 is 0 Å². The Kier molecular flexibility index (Phi) is 3.53. The van der Waals surface area contributed by atoms with E-state index in [1.165, 1.54) is 7.11 Å². The first-order chi connectivity index (χ1) is 8.69. The molecule has 0 amide bonds. The maximum Gasteiger partial charge on any atom is 0.169 e. The van der Waals surface area contributed by atoms with Crippen molar-refractivity contribution in [2.45, 2.75) is 0 Å². The van der Waals surface area contributed by atoms with Gasteiger partial charge in [0.15, 0.2) is 17.8 Å². The van der Waals surface area contributed by atoms with Crippen LogP contribution < -0.4 is 4.74 Å². The number of benzene rings is 2. The molecule has 0 aromatic heterocycles. The van der Waals surface area contributed by atoms with E-state index in [-0.39, 0.29) is 17.1 Å². The van der Waals surface area contributed by atoms with Crippen LogP contribution in [0.25, 0.3) is 11.1 Å². The SMILES string of the molecule is COc1ccc(-c2ccccc2Cl)c(C=O)c1O. The molecule has 0 saturated heterocycles. The van der Waals surface area contributed by atoms with Gasteiger partial charge in [-0.2, -0.15) is 0 Å². The van der Waals surface area contributed by atoms with E-state index in [2.05, 4.69) is 0 Å². The standard InChI is InChI=1S/C14H11ClO3/c1-18-13-7-6-9(11(8-16)14(13)17)10-4-2-3-5-12(10)15/h2-8,17H,1H3. The number of carbonyl (C=O) groups is 1. The maximum absolute atomic E-state index is 11.1. The zero-order valence-corrected chi connectivity index (χ0v) is 10.4. The van der Waals surface area contributed by atoms with E-state index >= 15 is 0 Å². The first-order valence-electron chi connectivity index (χ1n) is 5.29. The zero-order chi connectivity index (χ0) is 13.1. The van der Waals surface area contributed by atoms with Crippen LogP contribution in [0.2, 0.25) is 5.02 Å². The van der Waals surface area contributed by atoms with Crippen LogP contribution in [-0.4, -0.2) is 18.5 Å². The molecule has 0 fully saturated rings. The Morgan fingerprint density at radius 3 is 2.50 bits per heavy atom. The van der Waals surface area contributed by atoms with Gasteiger partial charge in [-0.3, -0.25) is 4.79 Å². The van der Waals surface area contributed by atoms with Crippen LogP contribution in [0.1, 0.15) is 10.4 Å². The Labute approximate surface area is 110 Å². The van der Waals surface area contributed by atoms with E-state index in [9.17, 15) is 9.90 Å². The van der Waals surface area contributed by atoms with Crippen molar-refractivity contribution in [3.8, 4) is 22.6 Å². The molecule has 2 aromatic rings. The molecule has 0 atom stereocenters. The highest BCUT2D eigenvalue weighted by molar-refractivity contribution is 6.33. The summed E-state index contributed by atoms with van der Waals surface area (Å²) in [6.07, 6.45) is 0.594. The largest absolute Gasteiger partial charge is 0.504 e. The number of ether oxygens (including phenoxy) is 1. The lowest BCUT2D eigenvalue weighted by Crippen LogP contribution is -1.93. The second kappa shape index (κ2) is 5.10. The first kappa shape index (κ1) is 12.5. The highest BCUT2D eigenvalue weighted by Gasteiger charge is 2.15. The lowest BCUT2D eigenvalue weighted by molar-refractivity contribution is 0.112. The van der Waals surface area contributed by atoms with Gasteiger partial charge in [-0.1, -0.05) is 29.8 Å². The molecule has 0 saturated carbocycles. The van der Waals surface area contributed by atoms with Crippen LogP contribution in [0.4, 0.5) is 0 Å². The van der Waals surface area contributed by atoms with Crippen molar-refractivity contribution in [3.63, 3.8) is 0 Å². The van der Waals surface area contributed by atoms with Crippen LogP contribution >= 0.6 is 11.6 Å². The molecule has 4 heteroatoms. The summed E-state index contributed by atoms with van der Waals surface area (Å²) >= 11 is 6.08. The van der Waals surface area contributed by atoms with Gasteiger partial charge in [-0.05, 0) is 23.8 Å². The van der Waals surface area contributed by atoms with Crippen molar-refractivity contribution >= 4 is 17.9 Å². The molecule has 0 radical (unpaired) electrons. The average Bonchev–Trinajstić information content (AvgIpc) is 2.39. The van der Waals surface area contributed by atoms with E-state index in [0.29, 0.717) is 22.4 Å². The number of phenolic OH excluding ortho intramolecular Hbond substituents is 1. The van der Waals surface area contributed by atoms with Crippen LogP contribution in [0, 0.1) is 0 Å². The number of rotatable bonds is 3. The Morgan fingerprint density at radius 1 is 1.17 bits per heavy atom. The number of halogens is 1. The molecule has 0 spiro atoms. The van der Waals surface area contributed by atoms with Gasteiger partial charge in [-0.15, -0.1) is 0 Å². The first-order valence-corrected chi connectivity index (χ1v) is 5.67. The summed E-state index contributed by atoms with van der Waals surface area (Å²) in [6, 6.07) is 10.4. The fourth-order valence-corrected chi connectivity index (χ4v) is 2.02. The van der Waals surface area contributed by atoms with Crippen molar-refractivity contribution in [1.82, 2.24) is 0 Å². The molecule has 2 rings (SSSR count). The van der Waals surface area contributed by atoms with Crippen LogP contribution in [-0.2, 0) is 0 Å². The summed E-state index contributed by atoms with van der Waals surface area (Å²) < 4.78 is 4.97. The van der Waals surface area contributed by atoms with E-state index < -0.39 is 0 Å². The van der Waals surface area contributed by atoms with Crippen LogP contribution in [0.5, 0.6) is 11.5 Å². The van der Waals surface area contributed by atoms with Gasteiger partial charge in [0.2, 0.25) is 0 Å². The number of hydrogen-bond acceptors (Lipinski definition) is 3.